The first kappa shape index (κ1) is 28.1. The number of nitrogens with zero attached hydrogens (tertiary/aromatic N) is 6. The van der Waals surface area contributed by atoms with Gasteiger partial charge in [0.1, 0.15) is 18.0 Å². The van der Waals surface area contributed by atoms with Crippen LogP contribution >= 0.6 is 0 Å². The Balaban J connectivity index is 1.91. The van der Waals surface area contributed by atoms with Crippen molar-refractivity contribution >= 4 is 23.2 Å². The van der Waals surface area contributed by atoms with E-state index in [4.69, 9.17) is 0 Å². The SMILES string of the molecule is CC/C(=C\C(=C/C(C)C)C(=O)Nc1ccnc(C(C)(C)C#N)c1)Nc1cc(C)nn1-c1cc(NC)ncn1. The van der Waals surface area contributed by atoms with Gasteiger partial charge < -0.3 is 16.0 Å². The van der Waals surface area contributed by atoms with Gasteiger partial charge in [-0.05, 0) is 51.3 Å². The second-order valence-electron chi connectivity index (χ2n) is 9.73. The van der Waals surface area contributed by atoms with Crippen LogP contribution in [0.3, 0.4) is 0 Å². The number of nitrogens with one attached hydrogen (secondary N) is 3. The van der Waals surface area contributed by atoms with Crippen LogP contribution in [-0.4, -0.2) is 37.7 Å². The summed E-state index contributed by atoms with van der Waals surface area (Å²) in [5.74, 6) is 1.90. The topological polar surface area (TPSA) is 133 Å². The zero-order chi connectivity index (χ0) is 27.9. The maximum absolute atomic E-state index is 13.4. The van der Waals surface area contributed by atoms with E-state index in [1.807, 2.05) is 45.9 Å². The molecule has 0 aliphatic rings. The minimum atomic E-state index is -0.769. The number of allylic oxidation sites excluding steroid dienone is 2. The molecule has 1 amide bonds. The first-order valence-corrected chi connectivity index (χ1v) is 12.5. The molecule has 0 saturated heterocycles. The average molecular weight is 514 g/mol. The fraction of sp³-hybridized carbons (Fsp3) is 0.357. The van der Waals surface area contributed by atoms with Gasteiger partial charge in [0.05, 0.1) is 22.9 Å². The Bertz CT molecular complexity index is 1390. The van der Waals surface area contributed by atoms with Gasteiger partial charge >= 0.3 is 0 Å². The van der Waals surface area contributed by atoms with Crippen molar-refractivity contribution in [1.29, 1.82) is 5.26 Å². The standard InChI is InChI=1S/C28H35N9O/c1-8-21(34-26-12-19(4)36-37(26)25-15-24(30-7)32-17-33-25)13-20(11-18(2)3)27(38)35-22-9-10-31-23(14-22)28(5,6)16-29/h9-15,17-18,34H,8H2,1-7H3,(H,30,32,33)(H,31,35,38)/b20-11+,21-13+. The summed E-state index contributed by atoms with van der Waals surface area (Å²) >= 11 is 0. The van der Waals surface area contributed by atoms with Crippen molar-refractivity contribution in [2.75, 3.05) is 23.0 Å². The Kier molecular flexibility index (Phi) is 8.97. The third-order valence-electron chi connectivity index (χ3n) is 5.67. The Morgan fingerprint density at radius 3 is 2.61 bits per heavy atom. The molecule has 0 saturated carbocycles. The van der Waals surface area contributed by atoms with Crippen LogP contribution < -0.4 is 16.0 Å². The van der Waals surface area contributed by atoms with Crippen molar-refractivity contribution in [2.45, 2.75) is 53.4 Å². The summed E-state index contributed by atoms with van der Waals surface area (Å²) in [6.07, 6.45) is 7.49. The highest BCUT2D eigenvalue weighted by atomic mass is 16.1. The van der Waals surface area contributed by atoms with Gasteiger partial charge in [-0.3, -0.25) is 9.78 Å². The van der Waals surface area contributed by atoms with Gasteiger partial charge in [-0.25, -0.2) is 9.97 Å². The molecule has 3 rings (SSSR count). The van der Waals surface area contributed by atoms with Crippen LogP contribution in [0.5, 0.6) is 0 Å². The van der Waals surface area contributed by atoms with Crippen molar-refractivity contribution in [1.82, 2.24) is 24.7 Å². The second kappa shape index (κ2) is 12.1. The summed E-state index contributed by atoms with van der Waals surface area (Å²) in [5, 5.41) is 23.4. The van der Waals surface area contributed by atoms with Crippen LogP contribution in [0.2, 0.25) is 0 Å². The highest BCUT2D eigenvalue weighted by molar-refractivity contribution is 6.06. The molecule has 0 aliphatic heterocycles. The van der Waals surface area contributed by atoms with Crippen molar-refractivity contribution < 1.29 is 4.79 Å². The van der Waals surface area contributed by atoms with Crippen molar-refractivity contribution in [3.63, 3.8) is 0 Å². The summed E-state index contributed by atoms with van der Waals surface area (Å²) in [6.45, 7) is 11.5. The molecule has 3 aromatic heterocycles. The van der Waals surface area contributed by atoms with E-state index in [1.54, 1.807) is 50.0 Å². The Hall–Kier alpha value is -4.52. The molecule has 0 unspecified atom stereocenters. The van der Waals surface area contributed by atoms with Gasteiger partial charge in [0, 0.05) is 42.3 Å². The Labute approximate surface area is 223 Å². The minimum Gasteiger partial charge on any atom is -0.373 e. The summed E-state index contributed by atoms with van der Waals surface area (Å²) in [7, 11) is 1.79. The number of anilines is 3. The lowest BCUT2D eigenvalue weighted by Crippen LogP contribution is -2.18. The lowest BCUT2D eigenvalue weighted by Gasteiger charge is -2.16. The Morgan fingerprint density at radius 2 is 1.95 bits per heavy atom. The van der Waals surface area contributed by atoms with E-state index < -0.39 is 5.41 Å². The lowest BCUT2D eigenvalue weighted by molar-refractivity contribution is -0.112. The highest BCUT2D eigenvalue weighted by Crippen LogP contribution is 2.24. The molecule has 10 heteroatoms. The summed E-state index contributed by atoms with van der Waals surface area (Å²) in [4.78, 5) is 26.2. The molecule has 0 aliphatic carbocycles. The number of rotatable bonds is 10. The maximum atomic E-state index is 13.4. The molecule has 3 N–H and O–H groups in total. The number of aryl methyl sites for hydroxylation is 1. The van der Waals surface area contributed by atoms with E-state index in [0.29, 0.717) is 35.0 Å². The normalized spacial score (nSPS) is 12.3. The summed E-state index contributed by atoms with van der Waals surface area (Å²) in [6, 6.07) is 9.43. The summed E-state index contributed by atoms with van der Waals surface area (Å²) < 4.78 is 1.71. The van der Waals surface area contributed by atoms with Gasteiger partial charge in [-0.15, -0.1) is 0 Å². The first-order valence-electron chi connectivity index (χ1n) is 12.5. The number of nitriles is 1. The first-order chi connectivity index (χ1) is 18.1. The zero-order valence-corrected chi connectivity index (χ0v) is 23.0. The van der Waals surface area contributed by atoms with E-state index in [-0.39, 0.29) is 11.8 Å². The number of carbonyl (C=O) groups is 1. The average Bonchev–Trinajstić information content (AvgIpc) is 3.27. The van der Waals surface area contributed by atoms with Gasteiger partial charge in [-0.1, -0.05) is 26.8 Å². The third kappa shape index (κ3) is 7.03. The van der Waals surface area contributed by atoms with Crippen molar-refractivity contribution in [3.8, 4) is 11.9 Å². The zero-order valence-electron chi connectivity index (χ0n) is 23.0. The molecular formula is C28H35N9O. The molecule has 10 nitrogen and oxygen atoms in total. The van der Waals surface area contributed by atoms with Crippen LogP contribution in [0.15, 0.2) is 60.2 Å². The van der Waals surface area contributed by atoms with E-state index in [2.05, 4.69) is 42.1 Å². The molecule has 0 bridgehead atoms. The van der Waals surface area contributed by atoms with E-state index in [0.717, 1.165) is 17.2 Å². The molecule has 38 heavy (non-hydrogen) atoms. The lowest BCUT2D eigenvalue weighted by atomic mass is 9.90. The molecule has 198 valence electrons. The minimum absolute atomic E-state index is 0.143. The maximum Gasteiger partial charge on any atom is 0.255 e. The molecule has 0 radical (unpaired) electrons. The molecule has 0 aromatic carbocycles. The monoisotopic (exact) mass is 513 g/mol. The Morgan fingerprint density at radius 1 is 1.18 bits per heavy atom. The van der Waals surface area contributed by atoms with Gasteiger partial charge in [-0.2, -0.15) is 15.0 Å². The van der Waals surface area contributed by atoms with Crippen LogP contribution in [0.25, 0.3) is 5.82 Å². The van der Waals surface area contributed by atoms with Crippen LogP contribution in [-0.2, 0) is 10.2 Å². The van der Waals surface area contributed by atoms with Crippen LogP contribution in [0.1, 0.15) is 52.4 Å². The number of amides is 1. The number of pyridine rings is 1. The van der Waals surface area contributed by atoms with E-state index >= 15 is 0 Å². The molecular weight excluding hydrogens is 478 g/mol. The van der Waals surface area contributed by atoms with Gasteiger partial charge in [0.15, 0.2) is 5.82 Å². The molecule has 3 aromatic rings. The number of carbonyl (C=O) groups excluding carboxylic acids is 1. The van der Waals surface area contributed by atoms with Crippen LogP contribution in [0, 0.1) is 24.2 Å². The van der Waals surface area contributed by atoms with Crippen molar-refractivity contribution in [3.05, 3.63) is 71.6 Å². The smallest absolute Gasteiger partial charge is 0.255 e. The fourth-order valence-corrected chi connectivity index (χ4v) is 3.60. The molecule has 0 spiro atoms. The largest absolute Gasteiger partial charge is 0.373 e. The van der Waals surface area contributed by atoms with Crippen LogP contribution in [0.4, 0.5) is 17.3 Å². The number of aromatic nitrogens is 5. The van der Waals surface area contributed by atoms with Gasteiger partial charge in [0.25, 0.3) is 5.91 Å². The quantitative estimate of drug-likeness (QED) is 0.251. The molecule has 0 atom stereocenters. The highest BCUT2D eigenvalue weighted by Gasteiger charge is 2.22. The predicted molar refractivity (Wildman–Crippen MR) is 150 cm³/mol. The third-order valence-corrected chi connectivity index (χ3v) is 5.67. The fourth-order valence-electron chi connectivity index (χ4n) is 3.60. The van der Waals surface area contributed by atoms with Gasteiger partial charge in [0.2, 0.25) is 0 Å². The molecule has 3 heterocycles. The van der Waals surface area contributed by atoms with E-state index in [1.165, 1.54) is 6.33 Å². The second-order valence-corrected chi connectivity index (χ2v) is 9.73. The number of hydrogen-bond donors (Lipinski definition) is 3. The van der Waals surface area contributed by atoms with Crippen molar-refractivity contribution in [2.24, 2.45) is 5.92 Å². The van der Waals surface area contributed by atoms with E-state index in [9.17, 15) is 10.1 Å². The summed E-state index contributed by atoms with van der Waals surface area (Å²) in [5.41, 5.74) is 2.57. The predicted octanol–water partition coefficient (Wildman–Crippen LogP) is 5.14. The number of hydrogen-bond acceptors (Lipinski definition) is 8. The molecule has 0 fully saturated rings.